The normalized spacial score (nSPS) is 10.3. The molecule has 1 aromatic carbocycles. The number of anilines is 1. The van der Waals surface area contributed by atoms with E-state index >= 15 is 0 Å². The lowest BCUT2D eigenvalue weighted by Crippen LogP contribution is -2.21. The second-order valence-corrected chi connectivity index (χ2v) is 5.43. The number of rotatable bonds is 4. The molecule has 4 nitrogen and oxygen atoms in total. The van der Waals surface area contributed by atoms with E-state index in [0.717, 1.165) is 17.9 Å². The first-order valence-corrected chi connectivity index (χ1v) is 6.90. The molecule has 1 heterocycles. The third kappa shape index (κ3) is 3.32. The van der Waals surface area contributed by atoms with Crippen LogP contribution in [0.1, 0.15) is 20.9 Å². The van der Waals surface area contributed by atoms with E-state index in [-0.39, 0.29) is 5.91 Å². The second-order valence-electron chi connectivity index (χ2n) is 4.49. The molecule has 0 radical (unpaired) electrons. The molecule has 5 heteroatoms. The zero-order chi connectivity index (χ0) is 13.8. The fourth-order valence-corrected chi connectivity index (χ4v) is 2.38. The van der Waals surface area contributed by atoms with Gasteiger partial charge in [0.05, 0.1) is 17.7 Å². The third-order valence-corrected chi connectivity index (χ3v) is 3.77. The van der Waals surface area contributed by atoms with Crippen LogP contribution >= 0.6 is 11.3 Å². The smallest absolute Gasteiger partial charge is 0.253 e. The molecular weight excluding hydrogens is 258 g/mol. The van der Waals surface area contributed by atoms with Gasteiger partial charge in [0.2, 0.25) is 0 Å². The molecule has 19 heavy (non-hydrogen) atoms. The van der Waals surface area contributed by atoms with Crippen LogP contribution in [0.5, 0.6) is 0 Å². The fraction of sp³-hybridized carbons (Fsp3) is 0.286. The van der Waals surface area contributed by atoms with Crippen LogP contribution in [0.4, 0.5) is 5.69 Å². The molecular formula is C14H17N3OS. The Kier molecular flexibility index (Phi) is 4.16. The topological polar surface area (TPSA) is 45.2 Å². The van der Waals surface area contributed by atoms with Crippen molar-refractivity contribution in [2.75, 3.05) is 19.4 Å². The quantitative estimate of drug-likeness (QED) is 0.933. The predicted molar refractivity (Wildman–Crippen MR) is 78.6 cm³/mol. The summed E-state index contributed by atoms with van der Waals surface area (Å²) < 4.78 is 0. The maximum absolute atomic E-state index is 11.7. The second kappa shape index (κ2) is 5.84. The Morgan fingerprint density at radius 2 is 2.00 bits per heavy atom. The van der Waals surface area contributed by atoms with Crippen molar-refractivity contribution in [1.29, 1.82) is 0 Å². The average molecular weight is 275 g/mol. The van der Waals surface area contributed by atoms with Crippen LogP contribution in [0, 0.1) is 6.92 Å². The first kappa shape index (κ1) is 13.5. The summed E-state index contributed by atoms with van der Waals surface area (Å²) in [6.45, 7) is 2.77. The number of nitrogens with zero attached hydrogens (tertiary/aromatic N) is 2. The summed E-state index contributed by atoms with van der Waals surface area (Å²) >= 11 is 1.65. The van der Waals surface area contributed by atoms with Crippen molar-refractivity contribution in [2.24, 2.45) is 0 Å². The number of aryl methyl sites for hydroxylation is 1. The van der Waals surface area contributed by atoms with E-state index in [4.69, 9.17) is 0 Å². The zero-order valence-corrected chi connectivity index (χ0v) is 12.1. The summed E-state index contributed by atoms with van der Waals surface area (Å²) in [6.07, 6.45) is 0. The van der Waals surface area contributed by atoms with Crippen LogP contribution < -0.4 is 5.32 Å². The first-order valence-electron chi connectivity index (χ1n) is 6.02. The average Bonchev–Trinajstić information content (AvgIpc) is 2.81. The number of benzene rings is 1. The number of aromatic nitrogens is 1. The zero-order valence-electron chi connectivity index (χ0n) is 11.3. The molecule has 0 spiro atoms. The lowest BCUT2D eigenvalue weighted by atomic mass is 10.2. The minimum absolute atomic E-state index is 0.0184. The van der Waals surface area contributed by atoms with E-state index in [0.29, 0.717) is 5.56 Å². The SMILES string of the molecule is Cc1ncsc1CNc1ccc(C(=O)N(C)C)cc1. The molecule has 0 unspecified atom stereocenters. The van der Waals surface area contributed by atoms with Gasteiger partial charge < -0.3 is 10.2 Å². The highest BCUT2D eigenvalue weighted by Crippen LogP contribution is 2.16. The number of nitrogens with one attached hydrogen (secondary N) is 1. The van der Waals surface area contributed by atoms with Gasteiger partial charge in [-0.15, -0.1) is 11.3 Å². The molecule has 2 rings (SSSR count). The molecule has 1 N–H and O–H groups in total. The molecule has 100 valence electrons. The molecule has 0 bridgehead atoms. The lowest BCUT2D eigenvalue weighted by Gasteiger charge is -2.11. The Balaban J connectivity index is 1.99. The molecule has 0 aliphatic rings. The monoisotopic (exact) mass is 275 g/mol. The molecule has 1 aromatic heterocycles. The van der Waals surface area contributed by atoms with Crippen LogP contribution in [0.15, 0.2) is 29.8 Å². The van der Waals surface area contributed by atoms with Crippen molar-refractivity contribution in [3.05, 3.63) is 45.9 Å². The molecule has 0 aliphatic carbocycles. The molecule has 0 saturated heterocycles. The molecule has 0 atom stereocenters. The summed E-state index contributed by atoms with van der Waals surface area (Å²) in [7, 11) is 3.50. The highest BCUT2D eigenvalue weighted by molar-refractivity contribution is 7.09. The molecule has 0 aliphatic heterocycles. The molecule has 1 amide bonds. The van der Waals surface area contributed by atoms with E-state index in [2.05, 4.69) is 10.3 Å². The predicted octanol–water partition coefficient (Wildman–Crippen LogP) is 2.77. The van der Waals surface area contributed by atoms with Crippen LogP contribution in [0.2, 0.25) is 0 Å². The van der Waals surface area contributed by atoms with Crippen LogP contribution in [0.3, 0.4) is 0 Å². The van der Waals surface area contributed by atoms with Crippen molar-refractivity contribution >= 4 is 22.9 Å². The van der Waals surface area contributed by atoms with E-state index < -0.39 is 0 Å². The van der Waals surface area contributed by atoms with Crippen molar-refractivity contribution in [1.82, 2.24) is 9.88 Å². The van der Waals surface area contributed by atoms with Gasteiger partial charge in [0.25, 0.3) is 5.91 Å². The van der Waals surface area contributed by atoms with E-state index in [9.17, 15) is 4.79 Å². The van der Waals surface area contributed by atoms with Crippen LogP contribution in [-0.4, -0.2) is 29.9 Å². The van der Waals surface area contributed by atoms with Gasteiger partial charge in [-0.25, -0.2) is 4.98 Å². The van der Waals surface area contributed by atoms with Crippen molar-refractivity contribution in [3.8, 4) is 0 Å². The number of amides is 1. The largest absolute Gasteiger partial charge is 0.380 e. The van der Waals surface area contributed by atoms with Gasteiger partial charge in [-0.3, -0.25) is 4.79 Å². The minimum atomic E-state index is 0.0184. The summed E-state index contributed by atoms with van der Waals surface area (Å²) in [6, 6.07) is 7.52. The number of hydrogen-bond acceptors (Lipinski definition) is 4. The summed E-state index contributed by atoms with van der Waals surface area (Å²) in [5.41, 5.74) is 4.62. The Morgan fingerprint density at radius 1 is 1.32 bits per heavy atom. The van der Waals surface area contributed by atoms with Crippen molar-refractivity contribution in [3.63, 3.8) is 0 Å². The highest BCUT2D eigenvalue weighted by atomic mass is 32.1. The van der Waals surface area contributed by atoms with Gasteiger partial charge in [0, 0.05) is 30.2 Å². The number of carbonyl (C=O) groups excluding carboxylic acids is 1. The minimum Gasteiger partial charge on any atom is -0.380 e. The summed E-state index contributed by atoms with van der Waals surface area (Å²) in [4.78, 5) is 18.8. The van der Waals surface area contributed by atoms with Gasteiger partial charge in [-0.2, -0.15) is 0 Å². The number of carbonyl (C=O) groups is 1. The van der Waals surface area contributed by atoms with Crippen LogP contribution in [-0.2, 0) is 6.54 Å². The fourth-order valence-electron chi connectivity index (χ4n) is 1.67. The standard InChI is InChI=1S/C14H17N3OS/c1-10-13(19-9-16-10)8-15-12-6-4-11(5-7-12)14(18)17(2)3/h4-7,9,15H,8H2,1-3H3. The van der Waals surface area contributed by atoms with E-state index in [1.807, 2.05) is 36.7 Å². The maximum atomic E-state index is 11.7. The van der Waals surface area contributed by atoms with Crippen molar-refractivity contribution < 1.29 is 4.79 Å². The molecule has 0 saturated carbocycles. The molecule has 0 fully saturated rings. The van der Waals surface area contributed by atoms with Gasteiger partial charge in [0.15, 0.2) is 0 Å². The number of thiazole rings is 1. The van der Waals surface area contributed by atoms with Gasteiger partial charge in [0.1, 0.15) is 0 Å². The Bertz CT molecular complexity index is 560. The van der Waals surface area contributed by atoms with E-state index in [1.165, 1.54) is 4.88 Å². The third-order valence-electron chi connectivity index (χ3n) is 2.84. The summed E-state index contributed by atoms with van der Waals surface area (Å²) in [5, 5.41) is 3.33. The maximum Gasteiger partial charge on any atom is 0.253 e. The number of hydrogen-bond donors (Lipinski definition) is 1. The van der Waals surface area contributed by atoms with E-state index in [1.54, 1.807) is 30.3 Å². The Labute approximate surface area is 117 Å². The lowest BCUT2D eigenvalue weighted by molar-refractivity contribution is 0.0827. The molecule has 2 aromatic rings. The van der Waals surface area contributed by atoms with Gasteiger partial charge in [-0.1, -0.05) is 0 Å². The van der Waals surface area contributed by atoms with Gasteiger partial charge >= 0.3 is 0 Å². The first-order chi connectivity index (χ1) is 9.08. The van der Waals surface area contributed by atoms with Crippen LogP contribution in [0.25, 0.3) is 0 Å². The van der Waals surface area contributed by atoms with Crippen molar-refractivity contribution in [2.45, 2.75) is 13.5 Å². The summed E-state index contributed by atoms with van der Waals surface area (Å²) in [5.74, 6) is 0.0184. The Hall–Kier alpha value is -1.88. The highest BCUT2D eigenvalue weighted by Gasteiger charge is 2.07. The van der Waals surface area contributed by atoms with Gasteiger partial charge in [-0.05, 0) is 31.2 Å². The Morgan fingerprint density at radius 3 is 2.53 bits per heavy atom.